The third-order valence-corrected chi connectivity index (χ3v) is 3.41. The Morgan fingerprint density at radius 1 is 1.42 bits per heavy atom. The maximum absolute atomic E-state index is 12.3. The van der Waals surface area contributed by atoms with E-state index in [-0.39, 0.29) is 11.9 Å². The molecule has 104 valence electrons. The van der Waals surface area contributed by atoms with Gasteiger partial charge in [-0.25, -0.2) is 0 Å². The molecule has 1 aliphatic heterocycles. The van der Waals surface area contributed by atoms with Crippen LogP contribution in [0.2, 0.25) is 0 Å². The van der Waals surface area contributed by atoms with Crippen LogP contribution in [0.1, 0.15) is 25.7 Å². The molecule has 1 amide bonds. The van der Waals surface area contributed by atoms with Crippen molar-refractivity contribution >= 4 is 17.3 Å². The topological polar surface area (TPSA) is 57.3 Å². The Balaban J connectivity index is 2.05. The first-order valence-corrected chi connectivity index (χ1v) is 6.84. The second-order valence-corrected chi connectivity index (χ2v) is 5.13. The lowest BCUT2D eigenvalue weighted by atomic mass is 10.1. The number of aromatic nitrogens is 1. The summed E-state index contributed by atoms with van der Waals surface area (Å²) in [6, 6.07) is 1.81. The molecule has 1 unspecified atom stereocenters. The number of hydrogen-bond donors (Lipinski definition) is 2. The van der Waals surface area contributed by atoms with Gasteiger partial charge in [-0.15, -0.1) is 0 Å². The predicted octanol–water partition coefficient (Wildman–Crippen LogP) is 1.62. The van der Waals surface area contributed by atoms with E-state index in [4.69, 9.17) is 0 Å². The number of pyridine rings is 1. The van der Waals surface area contributed by atoms with Crippen molar-refractivity contribution in [2.75, 3.05) is 30.9 Å². The third kappa shape index (κ3) is 3.67. The van der Waals surface area contributed by atoms with Crippen LogP contribution in [-0.4, -0.2) is 37.6 Å². The third-order valence-electron chi connectivity index (χ3n) is 3.41. The molecule has 19 heavy (non-hydrogen) atoms. The van der Waals surface area contributed by atoms with E-state index in [0.717, 1.165) is 37.2 Å². The van der Waals surface area contributed by atoms with Gasteiger partial charge in [0.1, 0.15) is 0 Å². The Kier molecular flexibility index (Phi) is 4.74. The van der Waals surface area contributed by atoms with Gasteiger partial charge in [-0.05, 0) is 25.5 Å². The Labute approximate surface area is 114 Å². The Morgan fingerprint density at radius 3 is 3.05 bits per heavy atom. The molecule has 0 saturated carbocycles. The van der Waals surface area contributed by atoms with Crippen LogP contribution >= 0.6 is 0 Å². The lowest BCUT2D eigenvalue weighted by molar-refractivity contribution is -0.118. The van der Waals surface area contributed by atoms with Crippen LogP contribution in [0.5, 0.6) is 0 Å². The predicted molar refractivity (Wildman–Crippen MR) is 77.5 cm³/mol. The lowest BCUT2D eigenvalue weighted by Gasteiger charge is -2.20. The molecule has 0 radical (unpaired) electrons. The van der Waals surface area contributed by atoms with Gasteiger partial charge in [-0.3, -0.25) is 9.78 Å². The number of carbonyl (C=O) groups excluding carboxylic acids is 1. The molecule has 0 aliphatic carbocycles. The first-order valence-electron chi connectivity index (χ1n) is 6.84. The molecular weight excluding hydrogens is 240 g/mol. The standard InChI is InChI=1S/C14H22N4O/c1-18(2)13-7-9-15-10-12(13)17-14(19)11-6-4-3-5-8-16-11/h7,9-11,16H,3-6,8H2,1-2H3,(H,17,19). The second kappa shape index (κ2) is 6.52. The summed E-state index contributed by atoms with van der Waals surface area (Å²) in [7, 11) is 3.91. The van der Waals surface area contributed by atoms with Gasteiger partial charge in [0, 0.05) is 20.3 Å². The molecule has 1 fully saturated rings. The molecule has 0 spiro atoms. The van der Waals surface area contributed by atoms with Crippen molar-refractivity contribution < 1.29 is 4.79 Å². The Morgan fingerprint density at radius 2 is 2.26 bits per heavy atom. The van der Waals surface area contributed by atoms with Crippen LogP contribution in [0, 0.1) is 0 Å². The molecule has 1 aromatic heterocycles. The number of nitrogens with zero attached hydrogens (tertiary/aromatic N) is 2. The van der Waals surface area contributed by atoms with Crippen molar-refractivity contribution in [2.45, 2.75) is 31.7 Å². The van der Waals surface area contributed by atoms with E-state index >= 15 is 0 Å². The molecule has 5 nitrogen and oxygen atoms in total. The van der Waals surface area contributed by atoms with Gasteiger partial charge < -0.3 is 15.5 Å². The molecule has 1 aliphatic rings. The number of rotatable bonds is 3. The van der Waals surface area contributed by atoms with E-state index in [1.807, 2.05) is 25.1 Å². The highest BCUT2D eigenvalue weighted by atomic mass is 16.2. The van der Waals surface area contributed by atoms with Crippen molar-refractivity contribution in [3.05, 3.63) is 18.5 Å². The van der Waals surface area contributed by atoms with Crippen LogP contribution < -0.4 is 15.5 Å². The average molecular weight is 262 g/mol. The maximum Gasteiger partial charge on any atom is 0.241 e. The number of anilines is 2. The minimum absolute atomic E-state index is 0.0398. The van der Waals surface area contributed by atoms with Crippen molar-refractivity contribution in [1.82, 2.24) is 10.3 Å². The van der Waals surface area contributed by atoms with Crippen LogP contribution in [0.4, 0.5) is 11.4 Å². The molecule has 2 N–H and O–H groups in total. The molecule has 1 atom stereocenters. The van der Waals surface area contributed by atoms with E-state index in [2.05, 4.69) is 15.6 Å². The fraction of sp³-hybridized carbons (Fsp3) is 0.571. The van der Waals surface area contributed by atoms with E-state index in [9.17, 15) is 4.79 Å². The fourth-order valence-electron chi connectivity index (χ4n) is 2.35. The zero-order valence-corrected chi connectivity index (χ0v) is 11.6. The summed E-state index contributed by atoms with van der Waals surface area (Å²) in [6.45, 7) is 0.922. The molecule has 1 saturated heterocycles. The van der Waals surface area contributed by atoms with Crippen LogP contribution in [-0.2, 0) is 4.79 Å². The normalized spacial score (nSPS) is 19.6. The summed E-state index contributed by atoms with van der Waals surface area (Å²) in [5.74, 6) is 0.0398. The summed E-state index contributed by atoms with van der Waals surface area (Å²) in [5, 5.41) is 6.29. The van der Waals surface area contributed by atoms with Crippen LogP contribution in [0.15, 0.2) is 18.5 Å². The molecule has 2 heterocycles. The van der Waals surface area contributed by atoms with E-state index in [1.54, 1.807) is 12.4 Å². The average Bonchev–Trinajstić information content (AvgIpc) is 2.68. The number of carbonyl (C=O) groups is 1. The summed E-state index contributed by atoms with van der Waals surface area (Å²) in [4.78, 5) is 18.3. The summed E-state index contributed by atoms with van der Waals surface area (Å²) in [5.41, 5.74) is 1.74. The quantitative estimate of drug-likeness (QED) is 0.869. The van der Waals surface area contributed by atoms with E-state index < -0.39 is 0 Å². The zero-order chi connectivity index (χ0) is 13.7. The molecule has 0 aromatic carbocycles. The first-order chi connectivity index (χ1) is 9.18. The second-order valence-electron chi connectivity index (χ2n) is 5.13. The molecule has 2 rings (SSSR count). The molecular formula is C14H22N4O. The Hall–Kier alpha value is -1.62. The number of hydrogen-bond acceptors (Lipinski definition) is 4. The van der Waals surface area contributed by atoms with Crippen molar-refractivity contribution in [3.8, 4) is 0 Å². The largest absolute Gasteiger partial charge is 0.376 e. The number of nitrogens with one attached hydrogen (secondary N) is 2. The minimum Gasteiger partial charge on any atom is -0.376 e. The van der Waals surface area contributed by atoms with Gasteiger partial charge in [0.05, 0.1) is 23.6 Å². The highest BCUT2D eigenvalue weighted by Gasteiger charge is 2.20. The summed E-state index contributed by atoms with van der Waals surface area (Å²) < 4.78 is 0. The SMILES string of the molecule is CN(C)c1ccncc1NC(=O)C1CCCCCN1. The van der Waals surface area contributed by atoms with Gasteiger partial charge in [0.2, 0.25) is 5.91 Å². The fourth-order valence-corrected chi connectivity index (χ4v) is 2.35. The smallest absolute Gasteiger partial charge is 0.241 e. The maximum atomic E-state index is 12.3. The lowest BCUT2D eigenvalue weighted by Crippen LogP contribution is -2.40. The van der Waals surface area contributed by atoms with Crippen LogP contribution in [0.3, 0.4) is 0 Å². The minimum atomic E-state index is -0.0854. The monoisotopic (exact) mass is 262 g/mol. The van der Waals surface area contributed by atoms with Gasteiger partial charge in [0.15, 0.2) is 0 Å². The van der Waals surface area contributed by atoms with E-state index in [0.29, 0.717) is 0 Å². The number of amides is 1. The summed E-state index contributed by atoms with van der Waals surface area (Å²) >= 11 is 0. The van der Waals surface area contributed by atoms with Gasteiger partial charge in [0.25, 0.3) is 0 Å². The zero-order valence-electron chi connectivity index (χ0n) is 11.6. The van der Waals surface area contributed by atoms with Gasteiger partial charge >= 0.3 is 0 Å². The molecule has 1 aromatic rings. The van der Waals surface area contributed by atoms with Gasteiger partial charge in [-0.1, -0.05) is 12.8 Å². The highest BCUT2D eigenvalue weighted by molar-refractivity contribution is 5.97. The van der Waals surface area contributed by atoms with Crippen LogP contribution in [0.25, 0.3) is 0 Å². The molecule has 0 bridgehead atoms. The van der Waals surface area contributed by atoms with Gasteiger partial charge in [-0.2, -0.15) is 0 Å². The van der Waals surface area contributed by atoms with E-state index in [1.165, 1.54) is 6.42 Å². The first kappa shape index (κ1) is 13.8. The summed E-state index contributed by atoms with van der Waals surface area (Å²) in [6.07, 6.45) is 7.80. The van der Waals surface area contributed by atoms with Crippen molar-refractivity contribution in [2.24, 2.45) is 0 Å². The van der Waals surface area contributed by atoms with Crippen molar-refractivity contribution in [3.63, 3.8) is 0 Å². The molecule has 5 heteroatoms. The highest BCUT2D eigenvalue weighted by Crippen LogP contribution is 2.22. The Bertz CT molecular complexity index is 425. The van der Waals surface area contributed by atoms with Crippen molar-refractivity contribution in [1.29, 1.82) is 0 Å².